The van der Waals surface area contributed by atoms with Crippen LogP contribution in [-0.2, 0) is 5.60 Å². The van der Waals surface area contributed by atoms with Gasteiger partial charge in [0.2, 0.25) is 5.60 Å². The monoisotopic (exact) mass is 320 g/mol. The summed E-state index contributed by atoms with van der Waals surface area (Å²) in [5.74, 6) is -0.262. The van der Waals surface area contributed by atoms with Gasteiger partial charge in [0, 0.05) is 0 Å². The molecule has 2 N–H and O–H groups in total. The number of aliphatic hydroxyl groups is 1. The molecule has 19 heavy (non-hydrogen) atoms. The Labute approximate surface area is 116 Å². The number of aromatic hydroxyl groups is 1. The van der Waals surface area contributed by atoms with E-state index in [2.05, 4.69) is 23.2 Å². The smallest absolute Gasteiger partial charge is 0.361 e. The zero-order chi connectivity index (χ0) is 15.2. The summed E-state index contributed by atoms with van der Waals surface area (Å²) in [5, 5.41) is 9.70. The van der Waals surface area contributed by atoms with Crippen molar-refractivity contribution in [3.63, 3.8) is 0 Å². The second-order valence-corrected chi connectivity index (χ2v) is 5.11. The summed E-state index contributed by atoms with van der Waals surface area (Å²) in [6.07, 6.45) is 0. The van der Waals surface area contributed by atoms with E-state index < -0.39 is 21.9 Å². The molecular formula is C11H10Cl2F4O2. The summed E-state index contributed by atoms with van der Waals surface area (Å²) in [6.45, 7) is 2.59. The van der Waals surface area contributed by atoms with Crippen LogP contribution in [0.25, 0.3) is 0 Å². The maximum absolute atomic E-state index is 13.2. The molecule has 0 atom stereocenters. The first-order valence-electron chi connectivity index (χ1n) is 4.99. The van der Waals surface area contributed by atoms with Crippen molar-refractivity contribution in [1.82, 2.24) is 0 Å². The molecule has 2 nitrogen and oxygen atoms in total. The lowest BCUT2D eigenvalue weighted by Crippen LogP contribution is -2.52. The summed E-state index contributed by atoms with van der Waals surface area (Å²) in [6, 6.07) is 1.55. The molecule has 0 saturated carbocycles. The number of phenols is 1. The molecule has 0 aliphatic rings. The summed E-state index contributed by atoms with van der Waals surface area (Å²) in [7, 11) is 0. The van der Waals surface area contributed by atoms with Gasteiger partial charge in [0.25, 0.3) is 0 Å². The van der Waals surface area contributed by atoms with E-state index in [1.807, 2.05) is 0 Å². The molecular weight excluding hydrogens is 311 g/mol. The standard InChI is InChI=1S/C11H10Cl2F4O2/c1-5-3-7(4-6(2)8(5)18)9(19,10(12,14)15)11(13,16)17/h3-4,18-19H,1-2H3. The van der Waals surface area contributed by atoms with Gasteiger partial charge in [-0.25, -0.2) is 0 Å². The van der Waals surface area contributed by atoms with Crippen molar-refractivity contribution in [2.45, 2.75) is 30.2 Å². The van der Waals surface area contributed by atoms with E-state index in [4.69, 9.17) is 0 Å². The summed E-state index contributed by atoms with van der Waals surface area (Å²) in [4.78, 5) is 0. The highest BCUT2D eigenvalue weighted by atomic mass is 35.5. The molecule has 0 saturated heterocycles. The molecule has 0 radical (unpaired) electrons. The summed E-state index contributed by atoms with van der Waals surface area (Å²) in [5.41, 5.74) is -4.95. The van der Waals surface area contributed by atoms with Gasteiger partial charge in [0.05, 0.1) is 0 Å². The average Bonchev–Trinajstić information content (AvgIpc) is 2.20. The van der Waals surface area contributed by atoms with E-state index in [0.29, 0.717) is 0 Å². The number of hydrogen-bond acceptors (Lipinski definition) is 2. The number of halogens is 6. The van der Waals surface area contributed by atoms with Crippen LogP contribution < -0.4 is 0 Å². The predicted molar refractivity (Wildman–Crippen MR) is 63.1 cm³/mol. The fourth-order valence-corrected chi connectivity index (χ4v) is 2.16. The van der Waals surface area contributed by atoms with Gasteiger partial charge in [-0.1, -0.05) is 0 Å². The van der Waals surface area contributed by atoms with Crippen molar-refractivity contribution in [3.8, 4) is 5.75 Å². The number of rotatable bonds is 3. The fraction of sp³-hybridized carbons (Fsp3) is 0.455. The van der Waals surface area contributed by atoms with E-state index in [0.717, 1.165) is 12.1 Å². The van der Waals surface area contributed by atoms with Gasteiger partial charge in [-0.05, 0) is 65.9 Å². The molecule has 1 aromatic carbocycles. The van der Waals surface area contributed by atoms with Crippen molar-refractivity contribution in [1.29, 1.82) is 0 Å². The molecule has 0 heterocycles. The molecule has 0 aliphatic heterocycles. The minimum Gasteiger partial charge on any atom is -0.507 e. The molecule has 1 aromatic rings. The maximum atomic E-state index is 13.2. The van der Waals surface area contributed by atoms with Gasteiger partial charge in [-0.3, -0.25) is 0 Å². The predicted octanol–water partition coefficient (Wildman–Crippen LogP) is 3.86. The van der Waals surface area contributed by atoms with Crippen LogP contribution in [0.2, 0.25) is 0 Å². The van der Waals surface area contributed by atoms with Crippen LogP contribution in [0.4, 0.5) is 17.6 Å². The highest BCUT2D eigenvalue weighted by Crippen LogP contribution is 2.53. The Morgan fingerprint density at radius 3 is 1.53 bits per heavy atom. The molecule has 0 spiro atoms. The van der Waals surface area contributed by atoms with Gasteiger partial charge in [0.15, 0.2) is 0 Å². The van der Waals surface area contributed by atoms with Gasteiger partial charge in [0.1, 0.15) is 5.75 Å². The van der Waals surface area contributed by atoms with Crippen molar-refractivity contribution >= 4 is 23.2 Å². The third-order valence-corrected chi connectivity index (χ3v) is 3.28. The number of benzene rings is 1. The van der Waals surface area contributed by atoms with Crippen molar-refractivity contribution < 1.29 is 27.8 Å². The van der Waals surface area contributed by atoms with E-state index in [9.17, 15) is 27.8 Å². The SMILES string of the molecule is Cc1cc(C(O)(C(F)(F)Cl)C(F)(F)Cl)cc(C)c1O. The quantitative estimate of drug-likeness (QED) is 0.656. The first kappa shape index (κ1) is 16.3. The molecule has 108 valence electrons. The van der Waals surface area contributed by atoms with E-state index in [-0.39, 0.29) is 16.9 Å². The van der Waals surface area contributed by atoms with Crippen LogP contribution >= 0.6 is 23.2 Å². The lowest BCUT2D eigenvalue weighted by Gasteiger charge is -2.35. The second kappa shape index (κ2) is 4.68. The average molecular weight is 321 g/mol. The third-order valence-electron chi connectivity index (χ3n) is 2.73. The molecule has 0 aromatic heterocycles. The van der Waals surface area contributed by atoms with E-state index >= 15 is 0 Å². The molecule has 8 heteroatoms. The summed E-state index contributed by atoms with van der Waals surface area (Å²) < 4.78 is 52.8. The number of phenolic OH excluding ortho intramolecular Hbond substituents is 1. The van der Waals surface area contributed by atoms with E-state index in [1.165, 1.54) is 13.8 Å². The van der Waals surface area contributed by atoms with Crippen LogP contribution in [0.1, 0.15) is 16.7 Å². The van der Waals surface area contributed by atoms with Crippen molar-refractivity contribution in [3.05, 3.63) is 28.8 Å². The Morgan fingerprint density at radius 1 is 0.947 bits per heavy atom. The maximum Gasteiger partial charge on any atom is 0.361 e. The Hall–Kier alpha value is -0.720. The lowest BCUT2D eigenvalue weighted by atomic mass is 9.90. The molecule has 0 amide bonds. The fourth-order valence-electron chi connectivity index (χ4n) is 1.65. The van der Waals surface area contributed by atoms with Crippen LogP contribution in [-0.4, -0.2) is 21.0 Å². The lowest BCUT2D eigenvalue weighted by molar-refractivity contribution is -0.224. The van der Waals surface area contributed by atoms with Crippen LogP contribution in [0.5, 0.6) is 5.75 Å². The molecule has 0 unspecified atom stereocenters. The van der Waals surface area contributed by atoms with Gasteiger partial charge < -0.3 is 10.2 Å². The largest absolute Gasteiger partial charge is 0.507 e. The van der Waals surface area contributed by atoms with Crippen LogP contribution in [0.15, 0.2) is 12.1 Å². The van der Waals surface area contributed by atoms with Gasteiger partial charge >= 0.3 is 10.8 Å². The summed E-state index contributed by atoms with van der Waals surface area (Å²) >= 11 is 9.19. The normalized spacial score (nSPS) is 13.7. The highest BCUT2D eigenvalue weighted by molar-refractivity contribution is 6.26. The molecule has 0 fully saturated rings. The van der Waals surface area contributed by atoms with Crippen LogP contribution in [0, 0.1) is 13.8 Å². The highest BCUT2D eigenvalue weighted by Gasteiger charge is 2.68. The zero-order valence-electron chi connectivity index (χ0n) is 9.82. The number of hydrogen-bond donors (Lipinski definition) is 2. The Morgan fingerprint density at radius 2 is 1.26 bits per heavy atom. The van der Waals surface area contributed by atoms with Gasteiger partial charge in [-0.15, -0.1) is 0 Å². The Balaban J connectivity index is 3.62. The van der Waals surface area contributed by atoms with Gasteiger partial charge in [-0.2, -0.15) is 17.6 Å². The molecule has 0 bridgehead atoms. The van der Waals surface area contributed by atoms with Crippen LogP contribution in [0.3, 0.4) is 0 Å². The molecule has 1 rings (SSSR count). The third kappa shape index (κ3) is 2.61. The Kier molecular flexibility index (Phi) is 4.02. The number of alkyl halides is 6. The Bertz CT molecular complexity index is 457. The number of aryl methyl sites for hydroxylation is 2. The van der Waals surface area contributed by atoms with Crippen molar-refractivity contribution in [2.24, 2.45) is 0 Å². The zero-order valence-corrected chi connectivity index (χ0v) is 11.3. The molecule has 0 aliphatic carbocycles. The second-order valence-electron chi connectivity index (χ2n) is 4.16. The minimum atomic E-state index is -4.71. The minimum absolute atomic E-state index is 0.0234. The van der Waals surface area contributed by atoms with E-state index in [1.54, 1.807) is 0 Å². The topological polar surface area (TPSA) is 40.5 Å². The first-order valence-corrected chi connectivity index (χ1v) is 5.74. The first-order chi connectivity index (χ1) is 8.32. The van der Waals surface area contributed by atoms with Crippen molar-refractivity contribution in [2.75, 3.05) is 0 Å².